The number of pyridine rings is 1. The molecule has 1 aliphatic heterocycles. The number of ether oxygens (including phenoxy) is 2. The highest BCUT2D eigenvalue weighted by Gasteiger charge is 2.22. The molecule has 0 aliphatic carbocycles. The topological polar surface area (TPSA) is 66.6 Å². The Morgan fingerprint density at radius 2 is 2.03 bits per heavy atom. The molecule has 2 N–H and O–H groups in total. The molecular weight excluding hydrogens is 434 g/mol. The number of nitrogens with one attached hydrogen (secondary N) is 2. The fraction of sp³-hybridized carbons (Fsp3) is 0.385. The Kier molecular flexibility index (Phi) is 7.30. The van der Waals surface area contributed by atoms with Gasteiger partial charge in [0.15, 0.2) is 5.11 Å². The molecule has 3 aromatic rings. The number of H-pyrrole nitrogens is 1. The van der Waals surface area contributed by atoms with Gasteiger partial charge in [0, 0.05) is 24.4 Å². The first-order chi connectivity index (χ1) is 15.9. The molecular formula is C26H31N3O3S. The van der Waals surface area contributed by atoms with Gasteiger partial charge in [-0.2, -0.15) is 0 Å². The van der Waals surface area contributed by atoms with E-state index in [0.29, 0.717) is 30.4 Å². The van der Waals surface area contributed by atoms with Crippen LogP contribution in [0.25, 0.3) is 10.9 Å². The highest BCUT2D eigenvalue weighted by molar-refractivity contribution is 7.80. The summed E-state index contributed by atoms with van der Waals surface area (Å²) in [5.74, 6) is 0.818. The maximum absolute atomic E-state index is 13.0. The number of aryl methyl sites for hydroxylation is 2. The second-order valence-corrected chi connectivity index (χ2v) is 8.89. The van der Waals surface area contributed by atoms with Crippen LogP contribution in [0.15, 0.2) is 47.3 Å². The first-order valence-corrected chi connectivity index (χ1v) is 11.9. The van der Waals surface area contributed by atoms with Crippen LogP contribution in [0.1, 0.15) is 36.5 Å². The molecule has 4 rings (SSSR count). The van der Waals surface area contributed by atoms with Crippen molar-refractivity contribution in [2.75, 3.05) is 25.1 Å². The van der Waals surface area contributed by atoms with E-state index in [1.165, 1.54) is 0 Å². The van der Waals surface area contributed by atoms with Crippen LogP contribution in [-0.2, 0) is 11.3 Å². The van der Waals surface area contributed by atoms with Crippen molar-refractivity contribution < 1.29 is 9.47 Å². The maximum atomic E-state index is 13.0. The van der Waals surface area contributed by atoms with E-state index in [2.05, 4.69) is 29.4 Å². The maximum Gasteiger partial charge on any atom is 0.253 e. The van der Waals surface area contributed by atoms with Gasteiger partial charge in [-0.15, -0.1) is 0 Å². The van der Waals surface area contributed by atoms with Crippen molar-refractivity contribution in [3.63, 3.8) is 0 Å². The molecule has 0 spiro atoms. The van der Waals surface area contributed by atoms with E-state index < -0.39 is 0 Å². The number of nitrogens with zero attached hydrogens (tertiary/aromatic N) is 1. The number of benzene rings is 2. The first-order valence-electron chi connectivity index (χ1n) is 11.5. The molecule has 33 heavy (non-hydrogen) atoms. The number of rotatable bonds is 7. The highest BCUT2D eigenvalue weighted by Crippen LogP contribution is 2.21. The van der Waals surface area contributed by atoms with Gasteiger partial charge in [0.2, 0.25) is 0 Å². The molecule has 1 aromatic heterocycles. The summed E-state index contributed by atoms with van der Waals surface area (Å²) in [5.41, 5.74) is 4.62. The number of fused-ring (bicyclic) bond motifs is 1. The zero-order chi connectivity index (χ0) is 23.4. The van der Waals surface area contributed by atoms with Gasteiger partial charge in [0.25, 0.3) is 5.56 Å². The van der Waals surface area contributed by atoms with E-state index in [0.717, 1.165) is 52.9 Å². The Morgan fingerprint density at radius 3 is 2.73 bits per heavy atom. The minimum absolute atomic E-state index is 0.0857. The summed E-state index contributed by atoms with van der Waals surface area (Å²) in [6.45, 7) is 8.48. The Bertz CT molecular complexity index is 1180. The van der Waals surface area contributed by atoms with E-state index >= 15 is 0 Å². The van der Waals surface area contributed by atoms with Crippen molar-refractivity contribution in [2.24, 2.45) is 0 Å². The van der Waals surface area contributed by atoms with Gasteiger partial charge in [-0.05, 0) is 92.7 Å². The molecule has 2 aromatic carbocycles. The number of anilines is 1. The third-order valence-corrected chi connectivity index (χ3v) is 6.50. The average molecular weight is 466 g/mol. The predicted molar refractivity (Wildman–Crippen MR) is 137 cm³/mol. The summed E-state index contributed by atoms with van der Waals surface area (Å²) in [4.78, 5) is 18.1. The lowest BCUT2D eigenvalue weighted by atomic mass is 10.0. The van der Waals surface area contributed by atoms with E-state index in [1.54, 1.807) is 0 Å². The largest absolute Gasteiger partial charge is 0.494 e. The van der Waals surface area contributed by atoms with Gasteiger partial charge in [-0.1, -0.05) is 12.1 Å². The standard InChI is InChI=1S/C26H31N3O3S/c1-4-31-22-11-9-21(10-12-22)27-26(33)29(16-23-6-5-13-32-23)15-20-14-19-8-7-17(2)18(3)24(19)28-25(20)30/h7-12,14,23H,4-6,13,15-16H2,1-3H3,(H,27,33)(H,28,30). The molecule has 6 nitrogen and oxygen atoms in total. The van der Waals surface area contributed by atoms with Crippen LogP contribution in [0.3, 0.4) is 0 Å². The second kappa shape index (κ2) is 10.4. The molecule has 1 fully saturated rings. The molecule has 0 amide bonds. The molecule has 1 aliphatic rings. The summed E-state index contributed by atoms with van der Waals surface area (Å²) in [6, 6.07) is 13.8. The van der Waals surface area contributed by atoms with Crippen molar-refractivity contribution in [3.8, 4) is 5.75 Å². The minimum atomic E-state index is -0.0857. The quantitative estimate of drug-likeness (QED) is 0.483. The lowest BCUT2D eigenvalue weighted by molar-refractivity contribution is 0.0904. The molecule has 7 heteroatoms. The SMILES string of the molecule is CCOc1ccc(NC(=S)N(Cc2cc3ccc(C)c(C)c3[nH]c2=O)CC2CCCO2)cc1. The zero-order valence-corrected chi connectivity index (χ0v) is 20.3. The van der Waals surface area contributed by atoms with E-state index in [1.807, 2.05) is 49.1 Å². The summed E-state index contributed by atoms with van der Waals surface area (Å²) < 4.78 is 11.4. The van der Waals surface area contributed by atoms with Gasteiger partial charge in [0.1, 0.15) is 5.75 Å². The van der Waals surface area contributed by atoms with Crippen molar-refractivity contribution in [3.05, 3.63) is 69.5 Å². The van der Waals surface area contributed by atoms with E-state index in [4.69, 9.17) is 21.7 Å². The van der Waals surface area contributed by atoms with Gasteiger partial charge in [0.05, 0.1) is 24.8 Å². The van der Waals surface area contributed by atoms with E-state index in [9.17, 15) is 4.79 Å². The molecule has 0 saturated carbocycles. The van der Waals surface area contributed by atoms with Crippen LogP contribution in [0.5, 0.6) is 5.75 Å². The predicted octanol–water partition coefficient (Wildman–Crippen LogP) is 4.92. The molecule has 0 radical (unpaired) electrons. The Labute approximate surface area is 199 Å². The highest BCUT2D eigenvalue weighted by atomic mass is 32.1. The summed E-state index contributed by atoms with van der Waals surface area (Å²) in [7, 11) is 0. The van der Waals surface area contributed by atoms with Crippen molar-refractivity contribution in [1.82, 2.24) is 9.88 Å². The van der Waals surface area contributed by atoms with Crippen LogP contribution in [0.4, 0.5) is 5.69 Å². The van der Waals surface area contributed by atoms with Gasteiger partial charge >= 0.3 is 0 Å². The van der Waals surface area contributed by atoms with Gasteiger partial charge < -0.3 is 24.7 Å². The molecule has 1 unspecified atom stereocenters. The van der Waals surface area contributed by atoms with Crippen LogP contribution in [0.2, 0.25) is 0 Å². The van der Waals surface area contributed by atoms with Gasteiger partial charge in [-0.3, -0.25) is 4.79 Å². The number of aromatic nitrogens is 1. The van der Waals surface area contributed by atoms with Gasteiger partial charge in [-0.25, -0.2) is 0 Å². The molecule has 1 atom stereocenters. The summed E-state index contributed by atoms with van der Waals surface area (Å²) in [6.07, 6.45) is 2.15. The summed E-state index contributed by atoms with van der Waals surface area (Å²) >= 11 is 5.77. The molecule has 2 heterocycles. The van der Waals surface area contributed by atoms with Crippen LogP contribution in [0, 0.1) is 13.8 Å². The monoisotopic (exact) mass is 465 g/mol. The fourth-order valence-corrected chi connectivity index (χ4v) is 4.41. The molecule has 174 valence electrons. The van der Waals surface area contributed by atoms with Crippen molar-refractivity contribution in [1.29, 1.82) is 0 Å². The average Bonchev–Trinajstić information content (AvgIpc) is 3.32. The Balaban J connectivity index is 1.57. The van der Waals surface area contributed by atoms with Crippen molar-refractivity contribution in [2.45, 2.75) is 46.3 Å². The molecule has 1 saturated heterocycles. The minimum Gasteiger partial charge on any atom is -0.494 e. The van der Waals surface area contributed by atoms with Crippen LogP contribution in [-0.4, -0.2) is 40.9 Å². The Hall–Kier alpha value is -2.90. The zero-order valence-electron chi connectivity index (χ0n) is 19.4. The normalized spacial score (nSPS) is 15.5. The van der Waals surface area contributed by atoms with Crippen LogP contribution >= 0.6 is 12.2 Å². The lowest BCUT2D eigenvalue weighted by Gasteiger charge is -2.28. The first kappa shape index (κ1) is 23.3. The van der Waals surface area contributed by atoms with Crippen molar-refractivity contribution >= 4 is 33.9 Å². The molecule has 0 bridgehead atoms. The fourth-order valence-electron chi connectivity index (χ4n) is 4.15. The number of hydrogen-bond donors (Lipinski definition) is 2. The van der Waals surface area contributed by atoms with E-state index in [-0.39, 0.29) is 11.7 Å². The third-order valence-electron chi connectivity index (χ3n) is 6.14. The third kappa shape index (κ3) is 5.54. The Morgan fingerprint density at radius 1 is 1.24 bits per heavy atom. The number of thiocarbonyl (C=S) groups is 1. The van der Waals surface area contributed by atoms with Crippen LogP contribution < -0.4 is 15.6 Å². The second-order valence-electron chi connectivity index (χ2n) is 8.50. The lowest BCUT2D eigenvalue weighted by Crippen LogP contribution is -2.40. The summed E-state index contributed by atoms with van der Waals surface area (Å²) in [5, 5.41) is 4.90. The smallest absolute Gasteiger partial charge is 0.253 e. The number of aromatic amines is 1. The number of hydrogen-bond acceptors (Lipinski definition) is 4.